The highest BCUT2D eigenvalue weighted by Crippen LogP contribution is 2.19. The first-order valence-electron chi connectivity index (χ1n) is 9.25. The molecule has 2 amide bonds. The molecule has 0 aromatic heterocycles. The van der Waals surface area contributed by atoms with Gasteiger partial charge in [-0.05, 0) is 43.2 Å². The van der Waals surface area contributed by atoms with Crippen LogP contribution in [-0.2, 0) is 11.2 Å². The average Bonchev–Trinajstić information content (AvgIpc) is 2.67. The third-order valence-corrected chi connectivity index (χ3v) is 5.00. The zero-order valence-corrected chi connectivity index (χ0v) is 16.2. The van der Waals surface area contributed by atoms with E-state index in [0.29, 0.717) is 38.2 Å². The van der Waals surface area contributed by atoms with Gasteiger partial charge in [-0.25, -0.2) is 0 Å². The number of rotatable bonds is 4. The van der Waals surface area contributed by atoms with Crippen LogP contribution in [0.1, 0.15) is 27.0 Å². The SMILES string of the molecule is COc1ccc(CC(=O)N2CCN(C(=O)c3cccc(C)c3)CC2)cc1C. The molecule has 0 unspecified atom stereocenters. The molecule has 3 rings (SSSR count). The Kier molecular flexibility index (Phi) is 5.79. The zero-order valence-electron chi connectivity index (χ0n) is 16.2. The number of aryl methyl sites for hydroxylation is 2. The number of amides is 2. The maximum absolute atomic E-state index is 12.6. The van der Waals surface area contributed by atoms with E-state index >= 15 is 0 Å². The quantitative estimate of drug-likeness (QED) is 0.836. The lowest BCUT2D eigenvalue weighted by Gasteiger charge is -2.35. The largest absolute Gasteiger partial charge is 0.496 e. The first kappa shape index (κ1) is 19.0. The average molecular weight is 366 g/mol. The zero-order chi connectivity index (χ0) is 19.4. The van der Waals surface area contributed by atoms with Gasteiger partial charge in [0.05, 0.1) is 13.5 Å². The molecule has 1 aliphatic heterocycles. The molecule has 1 heterocycles. The van der Waals surface area contributed by atoms with Gasteiger partial charge in [-0.2, -0.15) is 0 Å². The number of piperazine rings is 1. The first-order chi connectivity index (χ1) is 13.0. The summed E-state index contributed by atoms with van der Waals surface area (Å²) in [6.07, 6.45) is 0.372. The number of methoxy groups -OCH3 is 1. The lowest BCUT2D eigenvalue weighted by atomic mass is 10.1. The molecule has 1 aliphatic rings. The van der Waals surface area contributed by atoms with Gasteiger partial charge in [0.25, 0.3) is 5.91 Å². The minimum Gasteiger partial charge on any atom is -0.496 e. The summed E-state index contributed by atoms with van der Waals surface area (Å²) in [6.45, 7) is 6.24. The summed E-state index contributed by atoms with van der Waals surface area (Å²) in [5, 5.41) is 0. The first-order valence-corrected chi connectivity index (χ1v) is 9.25. The fourth-order valence-corrected chi connectivity index (χ4v) is 3.46. The van der Waals surface area contributed by atoms with E-state index in [1.807, 2.05) is 66.1 Å². The Morgan fingerprint density at radius 3 is 2.30 bits per heavy atom. The lowest BCUT2D eigenvalue weighted by molar-refractivity contribution is -0.131. The van der Waals surface area contributed by atoms with Crippen molar-refractivity contribution in [1.29, 1.82) is 0 Å². The third-order valence-electron chi connectivity index (χ3n) is 5.00. The number of carbonyl (C=O) groups excluding carboxylic acids is 2. The van der Waals surface area contributed by atoms with Crippen molar-refractivity contribution in [2.75, 3.05) is 33.3 Å². The monoisotopic (exact) mass is 366 g/mol. The number of ether oxygens (including phenoxy) is 1. The molecule has 0 bridgehead atoms. The van der Waals surface area contributed by atoms with E-state index in [4.69, 9.17) is 4.74 Å². The maximum atomic E-state index is 12.6. The van der Waals surface area contributed by atoms with Crippen LogP contribution in [0.5, 0.6) is 5.75 Å². The second-order valence-corrected chi connectivity index (χ2v) is 7.02. The van der Waals surface area contributed by atoms with Gasteiger partial charge in [-0.15, -0.1) is 0 Å². The van der Waals surface area contributed by atoms with Crippen molar-refractivity contribution >= 4 is 11.8 Å². The molecular weight excluding hydrogens is 340 g/mol. The van der Waals surface area contributed by atoms with Gasteiger partial charge in [0.2, 0.25) is 5.91 Å². The summed E-state index contributed by atoms with van der Waals surface area (Å²) in [4.78, 5) is 28.9. The molecule has 1 saturated heterocycles. The van der Waals surface area contributed by atoms with Gasteiger partial charge in [0.1, 0.15) is 5.75 Å². The van der Waals surface area contributed by atoms with E-state index in [1.165, 1.54) is 0 Å². The molecule has 27 heavy (non-hydrogen) atoms. The Balaban J connectivity index is 1.56. The summed E-state index contributed by atoms with van der Waals surface area (Å²) < 4.78 is 5.27. The van der Waals surface area contributed by atoms with Gasteiger partial charge in [-0.1, -0.05) is 29.8 Å². The Bertz CT molecular complexity index is 839. The smallest absolute Gasteiger partial charge is 0.253 e. The van der Waals surface area contributed by atoms with Gasteiger partial charge in [0.15, 0.2) is 0 Å². The number of nitrogens with zero attached hydrogens (tertiary/aromatic N) is 2. The number of benzene rings is 2. The van der Waals surface area contributed by atoms with E-state index < -0.39 is 0 Å². The van der Waals surface area contributed by atoms with E-state index in [1.54, 1.807) is 7.11 Å². The molecule has 5 heteroatoms. The number of hydrogen-bond acceptors (Lipinski definition) is 3. The Labute approximate surface area is 160 Å². The van der Waals surface area contributed by atoms with Crippen molar-refractivity contribution in [3.05, 3.63) is 64.7 Å². The van der Waals surface area contributed by atoms with Crippen LogP contribution in [0.25, 0.3) is 0 Å². The van der Waals surface area contributed by atoms with Crippen LogP contribution in [0.15, 0.2) is 42.5 Å². The van der Waals surface area contributed by atoms with Gasteiger partial charge in [-0.3, -0.25) is 9.59 Å². The highest BCUT2D eigenvalue weighted by Gasteiger charge is 2.25. The van der Waals surface area contributed by atoms with E-state index in [9.17, 15) is 9.59 Å². The highest BCUT2D eigenvalue weighted by atomic mass is 16.5. The van der Waals surface area contributed by atoms with Crippen molar-refractivity contribution in [1.82, 2.24) is 9.80 Å². The van der Waals surface area contributed by atoms with Crippen molar-refractivity contribution in [2.45, 2.75) is 20.3 Å². The van der Waals surface area contributed by atoms with Crippen LogP contribution in [0.4, 0.5) is 0 Å². The van der Waals surface area contributed by atoms with E-state index in [2.05, 4.69) is 0 Å². The molecule has 5 nitrogen and oxygen atoms in total. The van der Waals surface area contributed by atoms with E-state index in [-0.39, 0.29) is 11.8 Å². The molecule has 142 valence electrons. The normalized spacial score (nSPS) is 14.2. The van der Waals surface area contributed by atoms with Crippen LogP contribution in [0.2, 0.25) is 0 Å². The topological polar surface area (TPSA) is 49.9 Å². The standard InChI is InChI=1S/C22H26N2O3/c1-16-5-4-6-19(13-16)22(26)24-11-9-23(10-12-24)21(25)15-18-7-8-20(27-3)17(2)14-18/h4-8,13-14H,9-12,15H2,1-3H3. The molecule has 1 fully saturated rings. The van der Waals surface area contributed by atoms with Crippen LogP contribution in [0.3, 0.4) is 0 Å². The molecule has 0 saturated carbocycles. The highest BCUT2D eigenvalue weighted by molar-refractivity contribution is 5.94. The van der Waals surface area contributed by atoms with Crippen LogP contribution >= 0.6 is 0 Å². The van der Waals surface area contributed by atoms with Crippen LogP contribution in [-0.4, -0.2) is 54.9 Å². The number of hydrogen-bond donors (Lipinski definition) is 0. The fourth-order valence-electron chi connectivity index (χ4n) is 3.46. The van der Waals surface area contributed by atoms with Crippen LogP contribution < -0.4 is 4.74 Å². The molecular formula is C22H26N2O3. The predicted molar refractivity (Wildman–Crippen MR) is 105 cm³/mol. The van der Waals surface area contributed by atoms with Crippen molar-refractivity contribution in [2.24, 2.45) is 0 Å². The van der Waals surface area contributed by atoms with Gasteiger partial charge < -0.3 is 14.5 Å². The van der Waals surface area contributed by atoms with Gasteiger partial charge in [0, 0.05) is 31.7 Å². The van der Waals surface area contributed by atoms with E-state index in [0.717, 1.165) is 22.4 Å². The Morgan fingerprint density at radius 2 is 1.67 bits per heavy atom. The summed E-state index contributed by atoms with van der Waals surface area (Å²) >= 11 is 0. The molecule has 0 spiro atoms. The third kappa shape index (κ3) is 4.48. The summed E-state index contributed by atoms with van der Waals surface area (Å²) in [5.41, 5.74) is 3.79. The minimum absolute atomic E-state index is 0.0385. The molecule has 0 radical (unpaired) electrons. The van der Waals surface area contributed by atoms with Crippen molar-refractivity contribution < 1.29 is 14.3 Å². The summed E-state index contributed by atoms with van der Waals surface area (Å²) in [5.74, 6) is 0.966. The Hall–Kier alpha value is -2.82. The van der Waals surface area contributed by atoms with Crippen LogP contribution in [0, 0.1) is 13.8 Å². The van der Waals surface area contributed by atoms with Crippen molar-refractivity contribution in [3.63, 3.8) is 0 Å². The van der Waals surface area contributed by atoms with Crippen molar-refractivity contribution in [3.8, 4) is 5.75 Å². The molecule has 2 aromatic rings. The van der Waals surface area contributed by atoms with Gasteiger partial charge >= 0.3 is 0 Å². The molecule has 2 aromatic carbocycles. The lowest BCUT2D eigenvalue weighted by Crippen LogP contribution is -2.51. The second-order valence-electron chi connectivity index (χ2n) is 7.02. The molecule has 0 N–H and O–H groups in total. The molecule has 0 aliphatic carbocycles. The molecule has 0 atom stereocenters. The summed E-state index contributed by atoms with van der Waals surface area (Å²) in [7, 11) is 1.64. The Morgan fingerprint density at radius 1 is 0.963 bits per heavy atom. The maximum Gasteiger partial charge on any atom is 0.253 e. The minimum atomic E-state index is 0.0385. The number of carbonyl (C=O) groups is 2. The predicted octanol–water partition coefficient (Wildman–Crippen LogP) is 2.84. The summed E-state index contributed by atoms with van der Waals surface area (Å²) in [6, 6.07) is 13.5. The fraction of sp³-hybridized carbons (Fsp3) is 0.364. The second kappa shape index (κ2) is 8.25.